The number of unbranched alkanes of at least 4 members (excludes halogenated alkanes) is 6. The number of carbonyl (C=O) groups excluding carboxylic acids is 2. The van der Waals surface area contributed by atoms with Crippen molar-refractivity contribution < 1.29 is 23.8 Å². The molecule has 3 aromatic carbocycles. The monoisotopic (exact) mass is 582 g/mol. The maximum absolute atomic E-state index is 12.6. The lowest BCUT2D eigenvalue weighted by Gasteiger charge is -2.16. The Morgan fingerprint density at radius 3 is 1.81 bits per heavy atom. The van der Waals surface area contributed by atoms with Crippen LogP contribution in [0.2, 0.25) is 0 Å². The summed E-state index contributed by atoms with van der Waals surface area (Å²) >= 11 is 0. The average molecular weight is 583 g/mol. The topological polar surface area (TPSA) is 61.8 Å². The fourth-order valence-corrected chi connectivity index (χ4v) is 4.78. The Morgan fingerprint density at radius 1 is 0.651 bits per heavy atom. The standard InChI is InChI=1S/C38H46O5/c1-4-7-8-9-10-11-12-29-41-34-24-15-30(16-25-34)17-28-37(39)42-36-26-22-32(23-27-36)31-18-20-33(21-19-31)38(40)43-35(13-5-2)14-6-3/h15-16,18-27,35H,4-14,29H2,1-3H3. The molecule has 0 aliphatic carbocycles. The van der Waals surface area contributed by atoms with Crippen LogP contribution in [0.5, 0.6) is 11.5 Å². The lowest BCUT2D eigenvalue weighted by Crippen LogP contribution is -2.18. The predicted octanol–water partition coefficient (Wildman–Crippen LogP) is 9.57. The average Bonchev–Trinajstić information content (AvgIpc) is 3.02. The Balaban J connectivity index is 1.44. The summed E-state index contributed by atoms with van der Waals surface area (Å²) in [6, 6.07) is 22.0. The number of rotatable bonds is 17. The van der Waals surface area contributed by atoms with Crippen molar-refractivity contribution in [2.45, 2.75) is 97.5 Å². The largest absolute Gasteiger partial charge is 0.494 e. The summed E-state index contributed by atoms with van der Waals surface area (Å²) in [6.45, 7) is 7.14. The van der Waals surface area contributed by atoms with Crippen molar-refractivity contribution in [3.8, 4) is 34.5 Å². The van der Waals surface area contributed by atoms with Gasteiger partial charge in [-0.05, 0) is 78.9 Å². The highest BCUT2D eigenvalue weighted by atomic mass is 16.5. The zero-order chi connectivity index (χ0) is 30.7. The number of hydrogen-bond acceptors (Lipinski definition) is 5. The van der Waals surface area contributed by atoms with Gasteiger partial charge < -0.3 is 14.2 Å². The molecule has 0 aliphatic rings. The maximum Gasteiger partial charge on any atom is 0.390 e. The molecule has 43 heavy (non-hydrogen) atoms. The first-order valence-electron chi connectivity index (χ1n) is 15.9. The zero-order valence-corrected chi connectivity index (χ0v) is 26.0. The van der Waals surface area contributed by atoms with Gasteiger partial charge in [-0.25, -0.2) is 9.59 Å². The van der Waals surface area contributed by atoms with Crippen LogP contribution in [0.1, 0.15) is 107 Å². The second kappa shape index (κ2) is 19.2. The quantitative estimate of drug-likeness (QED) is 0.0686. The summed E-state index contributed by atoms with van der Waals surface area (Å²) in [5.74, 6) is 5.70. The molecule has 5 nitrogen and oxygen atoms in total. The summed E-state index contributed by atoms with van der Waals surface area (Å²) in [7, 11) is 0. The Hall–Kier alpha value is -4.04. The van der Waals surface area contributed by atoms with Gasteiger partial charge in [0.15, 0.2) is 0 Å². The van der Waals surface area contributed by atoms with Gasteiger partial charge in [0.05, 0.1) is 12.2 Å². The number of hydrogen-bond donors (Lipinski definition) is 0. The summed E-state index contributed by atoms with van der Waals surface area (Å²) in [5, 5.41) is 0. The van der Waals surface area contributed by atoms with Crippen molar-refractivity contribution in [3.63, 3.8) is 0 Å². The van der Waals surface area contributed by atoms with Gasteiger partial charge in [0.25, 0.3) is 0 Å². The molecule has 0 aliphatic heterocycles. The Bertz CT molecular complexity index is 1290. The van der Waals surface area contributed by atoms with E-state index < -0.39 is 5.97 Å². The van der Waals surface area contributed by atoms with E-state index in [1.165, 1.54) is 38.5 Å². The van der Waals surface area contributed by atoms with Crippen LogP contribution in [0, 0.1) is 11.8 Å². The summed E-state index contributed by atoms with van der Waals surface area (Å²) in [4.78, 5) is 24.8. The Kier molecular flexibility index (Phi) is 14.9. The maximum atomic E-state index is 12.6. The summed E-state index contributed by atoms with van der Waals surface area (Å²) in [5.41, 5.74) is 3.14. The number of esters is 2. The molecular weight excluding hydrogens is 536 g/mol. The van der Waals surface area contributed by atoms with Gasteiger partial charge in [-0.2, -0.15) is 0 Å². The number of carbonyl (C=O) groups is 2. The van der Waals surface area contributed by atoms with Crippen molar-refractivity contribution in [1.82, 2.24) is 0 Å². The molecule has 0 saturated heterocycles. The number of ether oxygens (including phenoxy) is 3. The third-order valence-electron chi connectivity index (χ3n) is 7.19. The fraction of sp³-hybridized carbons (Fsp3) is 0.421. The van der Waals surface area contributed by atoms with Crippen molar-refractivity contribution >= 4 is 11.9 Å². The zero-order valence-electron chi connectivity index (χ0n) is 26.0. The number of benzene rings is 3. The highest BCUT2D eigenvalue weighted by Crippen LogP contribution is 2.24. The molecule has 0 unspecified atom stereocenters. The van der Waals surface area contributed by atoms with Crippen LogP contribution in [-0.2, 0) is 9.53 Å². The molecule has 0 aromatic heterocycles. The molecule has 0 amide bonds. The smallest absolute Gasteiger partial charge is 0.390 e. The lowest BCUT2D eigenvalue weighted by atomic mass is 10.0. The minimum atomic E-state index is -0.626. The first kappa shape index (κ1) is 33.5. The van der Waals surface area contributed by atoms with Gasteiger partial charge in [-0.15, -0.1) is 0 Å². The van der Waals surface area contributed by atoms with Crippen LogP contribution >= 0.6 is 0 Å². The van der Waals surface area contributed by atoms with Gasteiger partial charge in [-0.1, -0.05) is 102 Å². The van der Waals surface area contributed by atoms with Gasteiger partial charge in [0, 0.05) is 11.5 Å². The van der Waals surface area contributed by atoms with E-state index in [1.807, 2.05) is 48.5 Å². The minimum absolute atomic E-state index is 0.0355. The molecule has 0 saturated carbocycles. The van der Waals surface area contributed by atoms with Gasteiger partial charge in [0.2, 0.25) is 0 Å². The molecule has 0 radical (unpaired) electrons. The van der Waals surface area contributed by atoms with E-state index >= 15 is 0 Å². The molecule has 5 heteroatoms. The second-order valence-corrected chi connectivity index (χ2v) is 10.8. The van der Waals surface area contributed by atoms with E-state index in [0.717, 1.165) is 49.0 Å². The van der Waals surface area contributed by atoms with Crippen LogP contribution in [0.25, 0.3) is 11.1 Å². The molecule has 3 rings (SSSR count). The molecule has 0 bridgehead atoms. The third kappa shape index (κ3) is 12.4. The molecular formula is C38H46O5. The predicted molar refractivity (Wildman–Crippen MR) is 173 cm³/mol. The normalized spacial score (nSPS) is 10.6. The van der Waals surface area contributed by atoms with E-state index in [2.05, 4.69) is 32.6 Å². The molecule has 0 heterocycles. The first-order valence-corrected chi connectivity index (χ1v) is 15.9. The first-order chi connectivity index (χ1) is 21.0. The summed E-state index contributed by atoms with van der Waals surface area (Å²) < 4.78 is 16.9. The highest BCUT2D eigenvalue weighted by Gasteiger charge is 2.15. The van der Waals surface area contributed by atoms with Crippen LogP contribution < -0.4 is 9.47 Å². The van der Waals surface area contributed by atoms with Crippen LogP contribution in [0.3, 0.4) is 0 Å². The van der Waals surface area contributed by atoms with Crippen molar-refractivity contribution in [3.05, 3.63) is 83.9 Å². The summed E-state index contributed by atoms with van der Waals surface area (Å²) in [6.07, 6.45) is 12.4. The van der Waals surface area contributed by atoms with Crippen LogP contribution in [0.4, 0.5) is 0 Å². The van der Waals surface area contributed by atoms with Gasteiger partial charge >= 0.3 is 11.9 Å². The SMILES string of the molecule is CCCCCCCCCOc1ccc(C#CC(=O)Oc2ccc(-c3ccc(C(=O)OC(CCC)CCC)cc3)cc2)cc1. The van der Waals surface area contributed by atoms with Crippen molar-refractivity contribution in [2.75, 3.05) is 6.61 Å². The van der Waals surface area contributed by atoms with Gasteiger partial charge in [0.1, 0.15) is 17.6 Å². The fourth-order valence-electron chi connectivity index (χ4n) is 4.78. The van der Waals surface area contributed by atoms with E-state index in [1.54, 1.807) is 24.3 Å². The Labute approximate surface area is 258 Å². The van der Waals surface area contributed by atoms with E-state index in [4.69, 9.17) is 14.2 Å². The molecule has 228 valence electrons. The van der Waals surface area contributed by atoms with E-state index in [9.17, 15) is 9.59 Å². The van der Waals surface area contributed by atoms with Crippen molar-refractivity contribution in [1.29, 1.82) is 0 Å². The Morgan fingerprint density at radius 2 is 1.21 bits per heavy atom. The van der Waals surface area contributed by atoms with E-state index in [-0.39, 0.29) is 12.1 Å². The second-order valence-electron chi connectivity index (χ2n) is 10.8. The molecule has 0 fully saturated rings. The van der Waals surface area contributed by atoms with Crippen molar-refractivity contribution in [2.24, 2.45) is 0 Å². The molecule has 0 spiro atoms. The molecule has 0 N–H and O–H groups in total. The molecule has 3 aromatic rings. The molecule has 0 atom stereocenters. The van der Waals surface area contributed by atoms with E-state index in [0.29, 0.717) is 23.5 Å². The van der Waals surface area contributed by atoms with Gasteiger partial charge in [-0.3, -0.25) is 0 Å². The lowest BCUT2D eigenvalue weighted by molar-refractivity contribution is -0.128. The van der Waals surface area contributed by atoms with Crippen LogP contribution in [-0.4, -0.2) is 24.6 Å². The third-order valence-corrected chi connectivity index (χ3v) is 7.19. The van der Waals surface area contributed by atoms with Crippen LogP contribution in [0.15, 0.2) is 72.8 Å². The highest BCUT2D eigenvalue weighted by molar-refractivity contribution is 5.91. The minimum Gasteiger partial charge on any atom is -0.494 e.